The van der Waals surface area contributed by atoms with E-state index in [0.717, 1.165) is 6.07 Å². The van der Waals surface area contributed by atoms with E-state index in [0.29, 0.717) is 5.71 Å². The van der Waals surface area contributed by atoms with Crippen molar-refractivity contribution < 1.29 is 19.4 Å². The van der Waals surface area contributed by atoms with Gasteiger partial charge in [0.1, 0.15) is 17.3 Å². The Hall–Kier alpha value is -2.89. The fourth-order valence-corrected chi connectivity index (χ4v) is 1.70. The first kappa shape index (κ1) is 14.5. The number of carbonyl (C=O) groups excluding carboxylic acids is 1. The van der Waals surface area contributed by atoms with Crippen molar-refractivity contribution in [3.8, 4) is 11.5 Å². The van der Waals surface area contributed by atoms with Gasteiger partial charge in [0, 0.05) is 11.1 Å². The number of hydrazone groups is 1. The van der Waals surface area contributed by atoms with Crippen molar-refractivity contribution in [2.45, 2.75) is 6.92 Å². The summed E-state index contributed by atoms with van der Waals surface area (Å²) >= 11 is 0. The molecule has 0 aliphatic rings. The smallest absolute Gasteiger partial charge is 0.271 e. The SMILES string of the molecule is C/C(=N/NC(=O)c1cccc(F)c1)c1cc(O)ccc1O. The van der Waals surface area contributed by atoms with Gasteiger partial charge in [0.25, 0.3) is 5.91 Å². The second-order valence-corrected chi connectivity index (χ2v) is 4.35. The maximum Gasteiger partial charge on any atom is 0.271 e. The fourth-order valence-electron chi connectivity index (χ4n) is 1.70. The summed E-state index contributed by atoms with van der Waals surface area (Å²) in [6.07, 6.45) is 0. The molecule has 0 aliphatic carbocycles. The number of aromatic hydroxyl groups is 2. The first-order valence-corrected chi connectivity index (χ1v) is 6.10. The molecule has 3 N–H and O–H groups in total. The molecular formula is C15H13FN2O3. The summed E-state index contributed by atoms with van der Waals surface area (Å²) < 4.78 is 13.0. The van der Waals surface area contributed by atoms with Crippen molar-refractivity contribution in [1.82, 2.24) is 5.43 Å². The molecule has 0 atom stereocenters. The molecule has 0 radical (unpaired) electrons. The molecule has 0 aromatic heterocycles. The van der Waals surface area contributed by atoms with Crippen LogP contribution in [0.2, 0.25) is 0 Å². The molecule has 0 unspecified atom stereocenters. The fraction of sp³-hybridized carbons (Fsp3) is 0.0667. The molecule has 0 heterocycles. The quantitative estimate of drug-likeness (QED) is 0.461. The van der Waals surface area contributed by atoms with Gasteiger partial charge >= 0.3 is 0 Å². The third kappa shape index (κ3) is 3.56. The van der Waals surface area contributed by atoms with Crippen LogP contribution < -0.4 is 5.43 Å². The lowest BCUT2D eigenvalue weighted by Crippen LogP contribution is -2.19. The zero-order valence-corrected chi connectivity index (χ0v) is 11.2. The van der Waals surface area contributed by atoms with E-state index < -0.39 is 11.7 Å². The molecule has 0 spiro atoms. The van der Waals surface area contributed by atoms with Gasteiger partial charge in [-0.25, -0.2) is 9.82 Å². The zero-order chi connectivity index (χ0) is 15.4. The van der Waals surface area contributed by atoms with Gasteiger partial charge in [-0.15, -0.1) is 0 Å². The average molecular weight is 288 g/mol. The molecule has 6 heteroatoms. The third-order valence-electron chi connectivity index (χ3n) is 2.78. The number of amides is 1. The summed E-state index contributed by atoms with van der Waals surface area (Å²) in [5.41, 5.74) is 2.98. The monoisotopic (exact) mass is 288 g/mol. The number of nitrogens with zero attached hydrogens (tertiary/aromatic N) is 1. The van der Waals surface area contributed by atoms with Gasteiger partial charge in [0.05, 0.1) is 5.71 Å². The Bertz CT molecular complexity index is 714. The van der Waals surface area contributed by atoms with E-state index >= 15 is 0 Å². The number of rotatable bonds is 3. The van der Waals surface area contributed by atoms with Crippen LogP contribution in [-0.2, 0) is 0 Å². The average Bonchev–Trinajstić information content (AvgIpc) is 2.47. The van der Waals surface area contributed by atoms with Gasteiger partial charge in [0.15, 0.2) is 0 Å². The number of nitrogens with one attached hydrogen (secondary N) is 1. The number of benzene rings is 2. The minimum absolute atomic E-state index is 0.0335. The Kier molecular flexibility index (Phi) is 4.18. The van der Waals surface area contributed by atoms with Crippen LogP contribution in [-0.4, -0.2) is 21.8 Å². The van der Waals surface area contributed by atoms with E-state index in [2.05, 4.69) is 10.5 Å². The molecule has 5 nitrogen and oxygen atoms in total. The van der Waals surface area contributed by atoms with Crippen LogP contribution in [0.3, 0.4) is 0 Å². The number of hydrogen-bond donors (Lipinski definition) is 3. The van der Waals surface area contributed by atoms with Crippen LogP contribution in [0.25, 0.3) is 0 Å². The van der Waals surface area contributed by atoms with Gasteiger partial charge < -0.3 is 10.2 Å². The van der Waals surface area contributed by atoms with Crippen molar-refractivity contribution in [1.29, 1.82) is 0 Å². The molecule has 0 bridgehead atoms. The second kappa shape index (κ2) is 6.04. The minimum Gasteiger partial charge on any atom is -0.508 e. The Morgan fingerprint density at radius 3 is 2.67 bits per heavy atom. The maximum atomic E-state index is 13.0. The summed E-state index contributed by atoms with van der Waals surface area (Å²) in [4.78, 5) is 11.8. The van der Waals surface area contributed by atoms with E-state index in [1.807, 2.05) is 0 Å². The van der Waals surface area contributed by atoms with Crippen molar-refractivity contribution in [2.75, 3.05) is 0 Å². The summed E-state index contributed by atoms with van der Waals surface area (Å²) in [6, 6.07) is 9.16. The first-order valence-electron chi connectivity index (χ1n) is 6.10. The van der Waals surface area contributed by atoms with Gasteiger partial charge in [-0.3, -0.25) is 4.79 Å². The van der Waals surface area contributed by atoms with Crippen molar-refractivity contribution in [3.63, 3.8) is 0 Å². The number of phenolic OH excluding ortho intramolecular Hbond substituents is 2. The van der Waals surface area contributed by atoms with E-state index in [1.165, 1.54) is 36.4 Å². The molecule has 0 saturated heterocycles. The molecule has 1 amide bonds. The minimum atomic E-state index is -0.575. The topological polar surface area (TPSA) is 81.9 Å². The molecule has 2 aromatic carbocycles. The molecule has 0 fully saturated rings. The van der Waals surface area contributed by atoms with E-state index in [4.69, 9.17) is 0 Å². The van der Waals surface area contributed by atoms with Gasteiger partial charge in [-0.05, 0) is 43.3 Å². The zero-order valence-electron chi connectivity index (χ0n) is 11.2. The predicted octanol–water partition coefficient (Wildman–Crippen LogP) is 2.39. The third-order valence-corrected chi connectivity index (χ3v) is 2.78. The van der Waals surface area contributed by atoms with Crippen LogP contribution in [0.15, 0.2) is 47.6 Å². The Morgan fingerprint density at radius 1 is 1.19 bits per heavy atom. The van der Waals surface area contributed by atoms with Crippen molar-refractivity contribution >= 4 is 11.6 Å². The van der Waals surface area contributed by atoms with Gasteiger partial charge in [0.2, 0.25) is 0 Å². The standard InChI is InChI=1S/C15H13FN2O3/c1-9(13-8-12(19)5-6-14(13)20)17-18-15(21)10-3-2-4-11(16)7-10/h2-8,19-20H,1H3,(H,18,21)/b17-9-. The van der Waals surface area contributed by atoms with E-state index in [-0.39, 0.29) is 22.6 Å². The Balaban J connectivity index is 2.17. The predicted molar refractivity (Wildman–Crippen MR) is 75.8 cm³/mol. The molecule has 2 rings (SSSR count). The van der Waals surface area contributed by atoms with Crippen molar-refractivity contribution in [2.24, 2.45) is 5.10 Å². The van der Waals surface area contributed by atoms with Gasteiger partial charge in [-0.1, -0.05) is 6.07 Å². The first-order chi connectivity index (χ1) is 9.97. The van der Waals surface area contributed by atoms with Crippen LogP contribution in [0.1, 0.15) is 22.8 Å². The maximum absolute atomic E-state index is 13.0. The van der Waals surface area contributed by atoms with E-state index in [1.54, 1.807) is 6.92 Å². The van der Waals surface area contributed by atoms with Crippen LogP contribution in [0.4, 0.5) is 4.39 Å². The molecule has 2 aromatic rings. The van der Waals surface area contributed by atoms with Crippen LogP contribution in [0, 0.1) is 5.82 Å². The lowest BCUT2D eigenvalue weighted by Gasteiger charge is -2.06. The number of carbonyl (C=O) groups is 1. The number of hydrogen-bond acceptors (Lipinski definition) is 4. The largest absolute Gasteiger partial charge is 0.508 e. The summed E-state index contributed by atoms with van der Waals surface area (Å²) in [5, 5.41) is 22.9. The molecule has 0 aliphatic heterocycles. The number of phenols is 2. The lowest BCUT2D eigenvalue weighted by molar-refractivity contribution is 0.0954. The lowest BCUT2D eigenvalue weighted by atomic mass is 10.1. The van der Waals surface area contributed by atoms with Gasteiger partial charge in [-0.2, -0.15) is 5.10 Å². The highest BCUT2D eigenvalue weighted by Crippen LogP contribution is 2.22. The normalized spacial score (nSPS) is 11.2. The van der Waals surface area contributed by atoms with Crippen LogP contribution >= 0.6 is 0 Å². The highest BCUT2D eigenvalue weighted by molar-refractivity contribution is 6.02. The summed E-state index contributed by atoms with van der Waals surface area (Å²) in [6.45, 7) is 1.56. The summed E-state index contributed by atoms with van der Waals surface area (Å²) in [7, 11) is 0. The second-order valence-electron chi connectivity index (χ2n) is 4.35. The highest BCUT2D eigenvalue weighted by Gasteiger charge is 2.08. The Labute approximate surface area is 120 Å². The van der Waals surface area contributed by atoms with E-state index in [9.17, 15) is 19.4 Å². The Morgan fingerprint density at radius 2 is 1.95 bits per heavy atom. The molecule has 108 valence electrons. The summed E-state index contributed by atoms with van der Waals surface area (Å²) in [5.74, 6) is -1.20. The molecule has 21 heavy (non-hydrogen) atoms. The highest BCUT2D eigenvalue weighted by atomic mass is 19.1. The molecular weight excluding hydrogens is 275 g/mol. The van der Waals surface area contributed by atoms with Crippen LogP contribution in [0.5, 0.6) is 11.5 Å². The van der Waals surface area contributed by atoms with Crippen molar-refractivity contribution in [3.05, 3.63) is 59.4 Å². The number of halogens is 1. The molecule has 0 saturated carbocycles.